The Labute approximate surface area is 249 Å². The Morgan fingerprint density at radius 3 is 1.76 bits per heavy atom. The zero-order chi connectivity index (χ0) is 33.4. The highest BCUT2D eigenvalue weighted by molar-refractivity contribution is 5.93. The number of nitrogens with zero attached hydrogens (tertiary/aromatic N) is 1. The van der Waals surface area contributed by atoms with Crippen LogP contribution in [0.25, 0.3) is 0 Å². The first kappa shape index (κ1) is 40.7. The van der Waals surface area contributed by atoms with Crippen LogP contribution in [0.4, 0.5) is 0 Å². The van der Waals surface area contributed by atoms with Crippen LogP contribution >= 0.6 is 0 Å². The third kappa shape index (κ3) is 16.7. The van der Waals surface area contributed by atoms with E-state index in [2.05, 4.69) is 20.8 Å². The van der Waals surface area contributed by atoms with Crippen molar-refractivity contribution in [1.29, 1.82) is 0 Å². The predicted molar refractivity (Wildman–Crippen MR) is 154 cm³/mol. The molecule has 1 heterocycles. The molecule has 0 aromatic carbocycles. The molecule has 0 aliphatic carbocycles. The summed E-state index contributed by atoms with van der Waals surface area (Å²) in [5.41, 5.74) is 4.52. The van der Waals surface area contributed by atoms with E-state index in [4.69, 9.17) is 15.2 Å². The number of esters is 5. The van der Waals surface area contributed by atoms with E-state index in [0.29, 0.717) is 12.8 Å². The molecule has 0 saturated carbocycles. The lowest BCUT2D eigenvalue weighted by Gasteiger charge is -2.29. The van der Waals surface area contributed by atoms with Gasteiger partial charge < -0.3 is 34.3 Å². The van der Waals surface area contributed by atoms with Crippen molar-refractivity contribution in [3.8, 4) is 0 Å². The van der Waals surface area contributed by atoms with Gasteiger partial charge in [0.2, 0.25) is 5.91 Å². The molecule has 1 aliphatic rings. The molecular weight excluding hydrogens is 552 g/mol. The number of rotatable bonds is 9. The summed E-state index contributed by atoms with van der Waals surface area (Å²) >= 11 is 0. The molecule has 2 unspecified atom stereocenters. The van der Waals surface area contributed by atoms with Crippen molar-refractivity contribution >= 4 is 35.8 Å². The van der Waals surface area contributed by atoms with Gasteiger partial charge in [-0.1, -0.05) is 20.4 Å². The maximum Gasteiger partial charge on any atom is 0.333 e. The molecule has 1 fully saturated rings. The first-order valence-electron chi connectivity index (χ1n) is 13.6. The van der Waals surface area contributed by atoms with E-state index in [0.717, 1.165) is 0 Å². The van der Waals surface area contributed by atoms with Crippen LogP contribution in [-0.4, -0.2) is 91.8 Å². The lowest BCUT2D eigenvalue weighted by Crippen LogP contribution is -2.45. The van der Waals surface area contributed by atoms with Crippen LogP contribution in [0.5, 0.6) is 0 Å². The summed E-state index contributed by atoms with van der Waals surface area (Å²) in [6, 6.07) is -1.12. The first-order chi connectivity index (χ1) is 19.2. The average Bonchev–Trinajstić information content (AvgIpc) is 3.27. The topological polar surface area (TPSA) is 178 Å². The fourth-order valence-electron chi connectivity index (χ4n) is 3.25. The van der Waals surface area contributed by atoms with Gasteiger partial charge in [0.1, 0.15) is 23.3 Å². The molecule has 0 aromatic heterocycles. The average molecular weight is 603 g/mol. The second kappa shape index (κ2) is 18.9. The molecule has 0 spiro atoms. The standard InChI is InChI=1S/C14H23NO5.C8H17NO2.C7H10O4/c1-6-10(13(18)20-14(2,3)4)15-8-9(7-11(15)16)12(17)19-5;1-5-6(9)7(10)11-8(2,3)4;1-5(7(9)11-3)4-6(8)10-2/h9-10H,6-8H2,1-5H3;6H,5,9H2,1-4H3;1,4H2,2-3H3/t;6-;/m.0./s1. The molecular formula is C29H50N2O11. The summed E-state index contributed by atoms with van der Waals surface area (Å²) < 4.78 is 23.6. The van der Waals surface area contributed by atoms with E-state index in [1.807, 2.05) is 34.6 Å². The number of likely N-dealkylation sites (tertiary alicyclic amines) is 1. The summed E-state index contributed by atoms with van der Waals surface area (Å²) in [4.78, 5) is 69.3. The lowest BCUT2D eigenvalue weighted by molar-refractivity contribution is -0.164. The number of hydrogen-bond acceptors (Lipinski definition) is 12. The van der Waals surface area contributed by atoms with Gasteiger partial charge in [-0.25, -0.2) is 9.59 Å². The van der Waals surface area contributed by atoms with Crippen LogP contribution in [0.3, 0.4) is 0 Å². The normalized spacial score (nSPS) is 15.9. The van der Waals surface area contributed by atoms with E-state index < -0.39 is 53.1 Å². The van der Waals surface area contributed by atoms with E-state index in [1.165, 1.54) is 26.2 Å². The Morgan fingerprint density at radius 2 is 1.38 bits per heavy atom. The van der Waals surface area contributed by atoms with Gasteiger partial charge in [-0.05, 0) is 54.4 Å². The van der Waals surface area contributed by atoms with Crippen LogP contribution in [0.2, 0.25) is 0 Å². The quantitative estimate of drug-likeness (QED) is 0.232. The molecule has 42 heavy (non-hydrogen) atoms. The number of carbonyl (C=O) groups is 6. The molecule has 3 atom stereocenters. The van der Waals surface area contributed by atoms with Gasteiger partial charge in [0, 0.05) is 18.5 Å². The Balaban J connectivity index is 0. The van der Waals surface area contributed by atoms with Crippen molar-refractivity contribution in [3.05, 3.63) is 12.2 Å². The van der Waals surface area contributed by atoms with Crippen molar-refractivity contribution in [3.63, 3.8) is 0 Å². The molecule has 13 nitrogen and oxygen atoms in total. The molecule has 2 N–H and O–H groups in total. The van der Waals surface area contributed by atoms with Crippen molar-refractivity contribution in [2.45, 2.75) is 104 Å². The molecule has 0 aromatic rings. The van der Waals surface area contributed by atoms with Crippen LogP contribution in [0.15, 0.2) is 12.2 Å². The summed E-state index contributed by atoms with van der Waals surface area (Å²) in [6.45, 7) is 18.0. The summed E-state index contributed by atoms with van der Waals surface area (Å²) in [5.74, 6) is -2.96. The second-order valence-corrected chi connectivity index (χ2v) is 11.3. The molecule has 1 rings (SSSR count). The first-order valence-corrected chi connectivity index (χ1v) is 13.6. The molecule has 0 bridgehead atoms. The number of ether oxygens (including phenoxy) is 5. The van der Waals surface area contributed by atoms with Crippen LogP contribution in [0, 0.1) is 5.92 Å². The van der Waals surface area contributed by atoms with Crippen LogP contribution in [-0.2, 0) is 52.5 Å². The number of methoxy groups -OCH3 is 3. The van der Waals surface area contributed by atoms with Gasteiger partial charge in [-0.15, -0.1) is 0 Å². The second-order valence-electron chi connectivity index (χ2n) is 11.3. The zero-order valence-corrected chi connectivity index (χ0v) is 27.0. The van der Waals surface area contributed by atoms with Crippen molar-refractivity contribution in [1.82, 2.24) is 4.90 Å². The van der Waals surface area contributed by atoms with Gasteiger partial charge in [0.05, 0.1) is 33.7 Å². The minimum atomic E-state index is -0.642. The highest BCUT2D eigenvalue weighted by atomic mass is 16.6. The number of amides is 1. The number of nitrogens with two attached hydrogens (primary N) is 1. The van der Waals surface area contributed by atoms with Gasteiger partial charge >= 0.3 is 29.8 Å². The minimum absolute atomic E-state index is 0.0893. The lowest BCUT2D eigenvalue weighted by atomic mass is 10.1. The summed E-state index contributed by atoms with van der Waals surface area (Å²) in [7, 11) is 3.76. The highest BCUT2D eigenvalue weighted by Gasteiger charge is 2.41. The van der Waals surface area contributed by atoms with E-state index in [-0.39, 0.29) is 36.8 Å². The monoisotopic (exact) mass is 602 g/mol. The molecule has 1 saturated heterocycles. The maximum atomic E-state index is 12.1. The number of hydrogen-bond donors (Lipinski definition) is 1. The Hall–Kier alpha value is -3.48. The van der Waals surface area contributed by atoms with Crippen molar-refractivity contribution < 1.29 is 52.5 Å². The van der Waals surface area contributed by atoms with E-state index >= 15 is 0 Å². The van der Waals surface area contributed by atoms with Crippen LogP contribution in [0.1, 0.15) is 81.1 Å². The van der Waals surface area contributed by atoms with Gasteiger partial charge in [-0.3, -0.25) is 19.2 Å². The minimum Gasteiger partial charge on any atom is -0.469 e. The van der Waals surface area contributed by atoms with Gasteiger partial charge in [0.15, 0.2) is 0 Å². The summed E-state index contributed by atoms with van der Waals surface area (Å²) in [5, 5.41) is 0. The van der Waals surface area contributed by atoms with Crippen molar-refractivity contribution in [2.24, 2.45) is 11.7 Å². The molecule has 0 radical (unpaired) electrons. The van der Waals surface area contributed by atoms with E-state index in [1.54, 1.807) is 20.8 Å². The van der Waals surface area contributed by atoms with Crippen LogP contribution < -0.4 is 5.73 Å². The molecule has 1 amide bonds. The Bertz CT molecular complexity index is 948. The Morgan fingerprint density at radius 1 is 0.881 bits per heavy atom. The van der Waals surface area contributed by atoms with Gasteiger partial charge in [0.25, 0.3) is 0 Å². The fourth-order valence-corrected chi connectivity index (χ4v) is 3.25. The van der Waals surface area contributed by atoms with E-state index in [9.17, 15) is 28.8 Å². The molecule has 1 aliphatic heterocycles. The Kier molecular flexibility index (Phi) is 18.3. The largest absolute Gasteiger partial charge is 0.469 e. The molecule has 13 heteroatoms. The zero-order valence-electron chi connectivity index (χ0n) is 27.0. The van der Waals surface area contributed by atoms with Crippen molar-refractivity contribution in [2.75, 3.05) is 27.9 Å². The third-order valence-corrected chi connectivity index (χ3v) is 5.34. The number of carbonyl (C=O) groups excluding carboxylic acids is 6. The third-order valence-electron chi connectivity index (χ3n) is 5.34. The molecule has 242 valence electrons. The fraction of sp³-hybridized carbons (Fsp3) is 0.724. The summed E-state index contributed by atoms with van der Waals surface area (Å²) in [6.07, 6.45) is 1.04. The predicted octanol–water partition coefficient (Wildman–Crippen LogP) is 2.47. The highest BCUT2D eigenvalue weighted by Crippen LogP contribution is 2.24. The van der Waals surface area contributed by atoms with Gasteiger partial charge in [-0.2, -0.15) is 0 Å². The SMILES string of the molecule is C=C(CC(=O)OC)C(=O)OC.CCC(C(=O)OC(C)(C)C)N1CC(C(=O)OC)CC1=O.CC[C@H](N)C(=O)OC(C)(C)C. The smallest absolute Gasteiger partial charge is 0.333 e. The maximum absolute atomic E-state index is 12.1.